The van der Waals surface area contributed by atoms with E-state index in [4.69, 9.17) is 24.5 Å². The number of aliphatic carboxylic acids is 2. The van der Waals surface area contributed by atoms with Crippen LogP contribution in [0.3, 0.4) is 0 Å². The van der Waals surface area contributed by atoms with Crippen molar-refractivity contribution in [2.24, 2.45) is 0 Å². The normalized spacial score (nSPS) is 11.1. The molecule has 0 unspecified atom stereocenters. The number of hydrogen-bond donors (Lipinski definition) is 3. The predicted octanol–water partition coefficient (Wildman–Crippen LogP) is 5.26. The number of ether oxygens (including phenoxy) is 1. The molecule has 0 atom stereocenters. The predicted molar refractivity (Wildman–Crippen MR) is 156 cm³/mol. The molecule has 0 saturated heterocycles. The van der Waals surface area contributed by atoms with Crippen LogP contribution >= 0.6 is 11.3 Å². The highest BCUT2D eigenvalue weighted by Crippen LogP contribution is 2.39. The van der Waals surface area contributed by atoms with E-state index < -0.39 is 24.3 Å². The average Bonchev–Trinajstić information content (AvgIpc) is 3.43. The Morgan fingerprint density at radius 3 is 2.00 bits per heavy atom. The Morgan fingerprint density at radius 2 is 1.47 bits per heavy atom. The van der Waals surface area contributed by atoms with E-state index in [1.807, 2.05) is 54.6 Å². The topological polar surface area (TPSA) is 161 Å². The van der Waals surface area contributed by atoms with Crippen LogP contribution in [0.5, 0.6) is 5.75 Å². The monoisotopic (exact) mass is 684 g/mol. The van der Waals surface area contributed by atoms with Gasteiger partial charge in [0.2, 0.25) is 0 Å². The smallest absolute Gasteiger partial charge is 0.490 e. The van der Waals surface area contributed by atoms with Crippen molar-refractivity contribution in [3.8, 4) is 5.75 Å². The number of carboxylic acid groups (broad SMARTS) is 2. The van der Waals surface area contributed by atoms with Gasteiger partial charge in [0.25, 0.3) is 11.5 Å². The molecule has 5 aromatic rings. The van der Waals surface area contributed by atoms with Gasteiger partial charge in [-0.3, -0.25) is 19.6 Å². The molecule has 1 amide bonds. The second-order valence-corrected chi connectivity index (χ2v) is 10.1. The number of rotatable bonds is 6. The van der Waals surface area contributed by atoms with Crippen LogP contribution in [-0.4, -0.2) is 62.1 Å². The zero-order valence-electron chi connectivity index (χ0n) is 23.8. The molecule has 0 saturated carbocycles. The van der Waals surface area contributed by atoms with Crippen LogP contribution in [0.1, 0.15) is 20.9 Å². The number of carbonyl (C=O) groups is 3. The Balaban J connectivity index is 0.000000360. The van der Waals surface area contributed by atoms with Crippen molar-refractivity contribution in [2.75, 3.05) is 7.11 Å². The lowest BCUT2D eigenvalue weighted by Gasteiger charge is -2.11. The van der Waals surface area contributed by atoms with E-state index in [9.17, 15) is 35.9 Å². The summed E-state index contributed by atoms with van der Waals surface area (Å²) in [6.07, 6.45) is -5.10. The van der Waals surface area contributed by atoms with E-state index in [0.717, 1.165) is 26.9 Å². The number of thiophene rings is 1. The van der Waals surface area contributed by atoms with Gasteiger partial charge in [-0.25, -0.2) is 9.59 Å². The molecule has 0 spiro atoms. The minimum atomic E-state index is -5.08. The summed E-state index contributed by atoms with van der Waals surface area (Å²) < 4.78 is 71.5. The summed E-state index contributed by atoms with van der Waals surface area (Å²) in [6.45, 7) is 0.669. The first kappa shape index (κ1) is 36.0. The molecule has 3 N–H and O–H groups in total. The number of nitrogens with zero attached hydrogens (tertiary/aromatic N) is 3. The van der Waals surface area contributed by atoms with E-state index >= 15 is 0 Å². The van der Waals surface area contributed by atoms with Gasteiger partial charge in [-0.15, -0.1) is 11.3 Å². The summed E-state index contributed by atoms with van der Waals surface area (Å²) >= 11 is 1.27. The fourth-order valence-corrected chi connectivity index (χ4v) is 5.08. The Morgan fingerprint density at radius 1 is 0.894 bits per heavy atom. The van der Waals surface area contributed by atoms with Gasteiger partial charge in [-0.1, -0.05) is 24.3 Å². The molecule has 0 aliphatic carbocycles. The molecule has 4 heterocycles. The number of amides is 1. The average molecular weight is 685 g/mol. The summed E-state index contributed by atoms with van der Waals surface area (Å²) in [6, 6.07) is 17.0. The lowest BCUT2D eigenvalue weighted by Crippen LogP contribution is -2.23. The molecule has 0 bridgehead atoms. The van der Waals surface area contributed by atoms with Gasteiger partial charge < -0.3 is 24.8 Å². The van der Waals surface area contributed by atoms with Crippen molar-refractivity contribution >= 4 is 50.2 Å². The maximum Gasteiger partial charge on any atom is 0.490 e. The molecule has 4 aromatic heterocycles. The second-order valence-electron chi connectivity index (χ2n) is 9.04. The van der Waals surface area contributed by atoms with Gasteiger partial charge >= 0.3 is 24.3 Å². The van der Waals surface area contributed by atoms with Gasteiger partial charge in [0.05, 0.1) is 29.6 Å². The van der Waals surface area contributed by atoms with E-state index in [-0.39, 0.29) is 11.5 Å². The van der Waals surface area contributed by atoms with Crippen molar-refractivity contribution in [3.05, 3.63) is 99.7 Å². The van der Waals surface area contributed by atoms with Crippen LogP contribution < -0.4 is 15.6 Å². The second kappa shape index (κ2) is 15.2. The minimum Gasteiger partial charge on any atom is -0.494 e. The van der Waals surface area contributed by atoms with Crippen molar-refractivity contribution in [1.82, 2.24) is 19.9 Å². The molecular weight excluding hydrogens is 662 g/mol. The molecule has 0 radical (unpaired) electrons. The van der Waals surface area contributed by atoms with Gasteiger partial charge in [0, 0.05) is 30.5 Å². The van der Waals surface area contributed by atoms with E-state index in [2.05, 4.69) is 15.3 Å². The largest absolute Gasteiger partial charge is 0.494 e. The Bertz CT molecular complexity index is 1910. The van der Waals surface area contributed by atoms with Crippen LogP contribution in [0.2, 0.25) is 0 Å². The molecule has 5 rings (SSSR count). The lowest BCUT2D eigenvalue weighted by molar-refractivity contribution is -0.193. The van der Waals surface area contributed by atoms with Gasteiger partial charge in [-0.05, 0) is 35.9 Å². The third-order valence-electron chi connectivity index (χ3n) is 5.91. The third kappa shape index (κ3) is 9.25. The molecular formula is C29H22F6N4O7S. The van der Waals surface area contributed by atoms with Crippen LogP contribution in [0, 0.1) is 0 Å². The molecule has 0 aliphatic rings. The van der Waals surface area contributed by atoms with Crippen LogP contribution in [-0.2, 0) is 22.7 Å². The summed E-state index contributed by atoms with van der Waals surface area (Å²) in [7, 11) is 1.48. The maximum atomic E-state index is 13.7. The van der Waals surface area contributed by atoms with Gasteiger partial charge in [-0.2, -0.15) is 26.3 Å². The molecule has 47 heavy (non-hydrogen) atoms. The highest BCUT2D eigenvalue weighted by Gasteiger charge is 2.39. The number of benzene rings is 1. The van der Waals surface area contributed by atoms with Crippen molar-refractivity contribution in [3.63, 3.8) is 0 Å². The summed E-state index contributed by atoms with van der Waals surface area (Å²) in [4.78, 5) is 53.3. The summed E-state index contributed by atoms with van der Waals surface area (Å²) in [5.41, 5.74) is 2.28. The standard InChI is InChI=1S/C25H20N4O3S.2C2HF3O2/c1-32-21-20-22(33-23(21)24(30)28-14-16-9-12-26-13-10-16)18-7-2-3-8-19(18)29(25(20)31)15-17-6-4-5-11-27-17;2*3-2(4,5)1(6)7/h2-13H,14-15H2,1H3,(H,28,30);2*(H,6,7). The number of pyridine rings is 3. The fourth-order valence-electron chi connectivity index (χ4n) is 3.86. The Kier molecular flexibility index (Phi) is 11.6. The van der Waals surface area contributed by atoms with E-state index in [0.29, 0.717) is 29.1 Å². The van der Waals surface area contributed by atoms with Crippen LogP contribution in [0.4, 0.5) is 26.3 Å². The number of carboxylic acids is 2. The number of fused-ring (bicyclic) bond motifs is 3. The minimum absolute atomic E-state index is 0.212. The van der Waals surface area contributed by atoms with E-state index in [1.54, 1.807) is 23.2 Å². The molecule has 248 valence electrons. The molecule has 1 aromatic carbocycles. The highest BCUT2D eigenvalue weighted by atomic mass is 32.1. The maximum absolute atomic E-state index is 13.7. The van der Waals surface area contributed by atoms with E-state index in [1.165, 1.54) is 18.4 Å². The molecule has 18 heteroatoms. The van der Waals surface area contributed by atoms with Crippen LogP contribution in [0.15, 0.2) is 78.0 Å². The first-order valence-corrected chi connectivity index (χ1v) is 13.7. The SMILES string of the molecule is COc1c(C(=O)NCc2ccncc2)sc2c1c(=O)n(Cc1ccccn1)c1ccccc21.O=C(O)C(F)(F)F.O=C(O)C(F)(F)F. The number of alkyl halides is 6. The number of aromatic nitrogens is 3. The van der Waals surface area contributed by atoms with Crippen molar-refractivity contribution < 1.29 is 55.7 Å². The summed E-state index contributed by atoms with van der Waals surface area (Å²) in [5, 5.41) is 18.5. The number of halogens is 6. The van der Waals surface area contributed by atoms with Gasteiger partial charge in [0.15, 0.2) is 5.75 Å². The van der Waals surface area contributed by atoms with Crippen LogP contribution in [0.25, 0.3) is 21.0 Å². The van der Waals surface area contributed by atoms with Crippen molar-refractivity contribution in [2.45, 2.75) is 25.4 Å². The Hall–Kier alpha value is -5.52. The molecule has 0 aliphatic heterocycles. The number of hydrogen-bond acceptors (Lipinski definition) is 8. The Labute approximate surface area is 263 Å². The first-order valence-electron chi connectivity index (χ1n) is 12.9. The first-order chi connectivity index (χ1) is 22.1. The number of carbonyl (C=O) groups excluding carboxylic acids is 1. The summed E-state index contributed by atoms with van der Waals surface area (Å²) in [5.74, 6) is -5.50. The quantitative estimate of drug-likeness (QED) is 0.203. The highest BCUT2D eigenvalue weighted by molar-refractivity contribution is 7.22. The molecule has 11 nitrogen and oxygen atoms in total. The molecule has 0 fully saturated rings. The third-order valence-corrected chi connectivity index (χ3v) is 7.11. The zero-order valence-corrected chi connectivity index (χ0v) is 24.6. The van der Waals surface area contributed by atoms with Gasteiger partial charge in [0.1, 0.15) is 10.3 Å². The zero-order chi connectivity index (χ0) is 34.9. The number of methoxy groups -OCH3 is 1. The number of nitrogens with one attached hydrogen (secondary N) is 1. The number of para-hydroxylation sites is 1. The van der Waals surface area contributed by atoms with Crippen molar-refractivity contribution in [1.29, 1.82) is 0 Å². The fraction of sp³-hybridized carbons (Fsp3) is 0.172. The lowest BCUT2D eigenvalue weighted by atomic mass is 10.1.